The van der Waals surface area contributed by atoms with E-state index in [-0.39, 0.29) is 18.3 Å². The number of benzene rings is 1. The quantitative estimate of drug-likeness (QED) is 0.734. The number of anilines is 1. The van der Waals surface area contributed by atoms with E-state index in [2.05, 4.69) is 10.3 Å². The number of methoxy groups -OCH3 is 1. The first-order chi connectivity index (χ1) is 11.6. The highest BCUT2D eigenvalue weighted by molar-refractivity contribution is 7.13. The van der Waals surface area contributed by atoms with E-state index in [4.69, 9.17) is 13.9 Å². The Morgan fingerprint density at radius 1 is 1.29 bits per heavy atom. The average Bonchev–Trinajstić information content (AvgIpc) is 3.22. The molecule has 0 aliphatic rings. The number of ether oxygens (including phenoxy) is 2. The minimum Gasteiger partial charge on any atom is -0.497 e. The van der Waals surface area contributed by atoms with E-state index >= 15 is 0 Å². The largest absolute Gasteiger partial charge is 0.497 e. The number of amides is 1. The summed E-state index contributed by atoms with van der Waals surface area (Å²) in [6, 6.07) is 10.6. The number of rotatable bonds is 6. The van der Waals surface area contributed by atoms with Crippen LogP contribution in [0.1, 0.15) is 22.0 Å². The Hall–Kier alpha value is -2.80. The van der Waals surface area contributed by atoms with Gasteiger partial charge in [-0.1, -0.05) is 6.07 Å². The fourth-order valence-corrected chi connectivity index (χ4v) is 2.68. The van der Waals surface area contributed by atoms with E-state index in [0.29, 0.717) is 22.4 Å². The lowest BCUT2D eigenvalue weighted by Gasteiger charge is -2.06. The van der Waals surface area contributed by atoms with Gasteiger partial charge in [0.05, 0.1) is 12.8 Å². The van der Waals surface area contributed by atoms with E-state index in [9.17, 15) is 4.79 Å². The summed E-state index contributed by atoms with van der Waals surface area (Å²) in [7, 11) is 1.60. The molecule has 124 valence electrons. The standard InChI is InChI=1S/C17H16N2O4S/c1-11-10-24-17(18-11)19-16(20)15-7-6-14(23-15)9-22-13-5-3-4-12(8-13)21-2/h3-8,10H,9H2,1-2H3,(H,18,19,20). The zero-order valence-electron chi connectivity index (χ0n) is 13.2. The summed E-state index contributed by atoms with van der Waals surface area (Å²) in [5.41, 5.74) is 0.863. The van der Waals surface area contributed by atoms with Crippen molar-refractivity contribution in [3.05, 3.63) is 59.0 Å². The van der Waals surface area contributed by atoms with Gasteiger partial charge in [0.15, 0.2) is 10.9 Å². The molecule has 0 saturated carbocycles. The number of carbonyl (C=O) groups excluding carboxylic acids is 1. The van der Waals surface area contributed by atoms with Crippen LogP contribution in [0, 0.1) is 6.92 Å². The van der Waals surface area contributed by atoms with Crippen LogP contribution in [0.15, 0.2) is 46.2 Å². The van der Waals surface area contributed by atoms with Crippen molar-refractivity contribution in [2.45, 2.75) is 13.5 Å². The van der Waals surface area contributed by atoms with Crippen LogP contribution in [-0.4, -0.2) is 18.0 Å². The number of nitrogens with one attached hydrogen (secondary N) is 1. The Morgan fingerprint density at radius 2 is 2.12 bits per heavy atom. The van der Waals surface area contributed by atoms with Gasteiger partial charge in [-0.3, -0.25) is 10.1 Å². The van der Waals surface area contributed by atoms with Crippen LogP contribution < -0.4 is 14.8 Å². The lowest BCUT2D eigenvalue weighted by Crippen LogP contribution is -2.10. The first-order valence-electron chi connectivity index (χ1n) is 7.23. The summed E-state index contributed by atoms with van der Waals surface area (Å²) in [5, 5.41) is 5.11. The molecular weight excluding hydrogens is 328 g/mol. The molecule has 2 aromatic heterocycles. The van der Waals surface area contributed by atoms with Crippen LogP contribution in [0.2, 0.25) is 0 Å². The third-order valence-corrected chi connectivity index (χ3v) is 4.02. The molecule has 1 N–H and O–H groups in total. The summed E-state index contributed by atoms with van der Waals surface area (Å²) < 4.78 is 16.3. The van der Waals surface area contributed by atoms with Gasteiger partial charge >= 0.3 is 0 Å². The lowest BCUT2D eigenvalue weighted by molar-refractivity contribution is 0.0992. The predicted molar refractivity (Wildman–Crippen MR) is 90.8 cm³/mol. The molecule has 3 aromatic rings. The monoisotopic (exact) mass is 344 g/mol. The van der Waals surface area contributed by atoms with Crippen molar-refractivity contribution >= 4 is 22.4 Å². The highest BCUT2D eigenvalue weighted by Gasteiger charge is 2.13. The summed E-state index contributed by atoms with van der Waals surface area (Å²) in [6.07, 6.45) is 0. The first-order valence-corrected chi connectivity index (χ1v) is 8.11. The molecule has 24 heavy (non-hydrogen) atoms. The predicted octanol–water partition coefficient (Wildman–Crippen LogP) is 3.88. The van der Waals surface area contributed by atoms with E-state index in [1.807, 2.05) is 30.5 Å². The molecule has 3 rings (SSSR count). The summed E-state index contributed by atoms with van der Waals surface area (Å²) in [4.78, 5) is 16.3. The highest BCUT2D eigenvalue weighted by Crippen LogP contribution is 2.21. The number of aryl methyl sites for hydroxylation is 1. The molecule has 0 bridgehead atoms. The van der Waals surface area contributed by atoms with Crippen LogP contribution in [0.4, 0.5) is 5.13 Å². The Kier molecular flexibility index (Phi) is 4.81. The normalized spacial score (nSPS) is 10.4. The van der Waals surface area contributed by atoms with Gasteiger partial charge in [0.25, 0.3) is 5.91 Å². The molecule has 0 aliphatic heterocycles. The van der Waals surface area contributed by atoms with Crippen molar-refractivity contribution in [1.29, 1.82) is 0 Å². The van der Waals surface area contributed by atoms with Crippen molar-refractivity contribution < 1.29 is 18.7 Å². The van der Waals surface area contributed by atoms with Crippen molar-refractivity contribution in [1.82, 2.24) is 4.98 Å². The van der Waals surface area contributed by atoms with Crippen molar-refractivity contribution in [3.8, 4) is 11.5 Å². The van der Waals surface area contributed by atoms with Gasteiger partial charge in [0.1, 0.15) is 23.9 Å². The number of thiazole rings is 1. The third-order valence-electron chi connectivity index (χ3n) is 3.15. The van der Waals surface area contributed by atoms with Gasteiger partial charge in [0, 0.05) is 11.4 Å². The molecule has 0 unspecified atom stereocenters. The topological polar surface area (TPSA) is 73.6 Å². The molecule has 0 spiro atoms. The molecule has 0 fully saturated rings. The maximum absolute atomic E-state index is 12.1. The average molecular weight is 344 g/mol. The van der Waals surface area contributed by atoms with E-state index in [1.165, 1.54) is 11.3 Å². The number of aromatic nitrogens is 1. The number of carbonyl (C=O) groups is 1. The zero-order chi connectivity index (χ0) is 16.9. The van der Waals surface area contributed by atoms with Gasteiger partial charge in [-0.15, -0.1) is 11.3 Å². The van der Waals surface area contributed by atoms with Gasteiger partial charge in [-0.25, -0.2) is 4.98 Å². The Bertz CT molecular complexity index is 840. The molecule has 2 heterocycles. The van der Waals surface area contributed by atoms with Gasteiger partial charge < -0.3 is 13.9 Å². The molecular formula is C17H16N2O4S. The molecule has 1 aromatic carbocycles. The first kappa shape index (κ1) is 16.1. The molecule has 0 atom stereocenters. The summed E-state index contributed by atoms with van der Waals surface area (Å²) in [5.74, 6) is 1.81. The van der Waals surface area contributed by atoms with Crippen molar-refractivity contribution in [2.75, 3.05) is 12.4 Å². The van der Waals surface area contributed by atoms with Crippen LogP contribution >= 0.6 is 11.3 Å². The fourth-order valence-electron chi connectivity index (χ4n) is 1.99. The van der Waals surface area contributed by atoms with Crippen LogP contribution in [0.3, 0.4) is 0 Å². The molecule has 7 heteroatoms. The smallest absolute Gasteiger partial charge is 0.293 e. The van der Waals surface area contributed by atoms with Gasteiger partial charge in [-0.2, -0.15) is 0 Å². The zero-order valence-corrected chi connectivity index (χ0v) is 14.1. The fraction of sp³-hybridized carbons (Fsp3) is 0.176. The Morgan fingerprint density at radius 3 is 2.88 bits per heavy atom. The van der Waals surface area contributed by atoms with Crippen LogP contribution in [0.25, 0.3) is 0 Å². The van der Waals surface area contributed by atoms with Crippen molar-refractivity contribution in [2.24, 2.45) is 0 Å². The third kappa shape index (κ3) is 3.94. The molecule has 0 saturated heterocycles. The number of hydrogen-bond donors (Lipinski definition) is 1. The Balaban J connectivity index is 1.59. The maximum Gasteiger partial charge on any atom is 0.293 e. The van der Waals surface area contributed by atoms with Crippen LogP contribution in [0.5, 0.6) is 11.5 Å². The minimum absolute atomic E-state index is 0.215. The second-order valence-electron chi connectivity index (χ2n) is 4.98. The minimum atomic E-state index is -0.336. The highest BCUT2D eigenvalue weighted by atomic mass is 32.1. The van der Waals surface area contributed by atoms with Gasteiger partial charge in [-0.05, 0) is 31.2 Å². The van der Waals surface area contributed by atoms with Gasteiger partial charge in [0.2, 0.25) is 0 Å². The second kappa shape index (κ2) is 7.18. The summed E-state index contributed by atoms with van der Waals surface area (Å²) in [6.45, 7) is 2.09. The number of nitrogens with zero attached hydrogens (tertiary/aromatic N) is 1. The molecule has 1 amide bonds. The van der Waals surface area contributed by atoms with E-state index < -0.39 is 0 Å². The number of hydrogen-bond acceptors (Lipinski definition) is 6. The van der Waals surface area contributed by atoms with Crippen molar-refractivity contribution in [3.63, 3.8) is 0 Å². The molecule has 0 aliphatic carbocycles. The van der Waals surface area contributed by atoms with E-state index in [0.717, 1.165) is 5.69 Å². The summed E-state index contributed by atoms with van der Waals surface area (Å²) >= 11 is 1.37. The number of furan rings is 1. The Labute approximate surface area is 143 Å². The SMILES string of the molecule is COc1cccc(OCc2ccc(C(=O)Nc3nc(C)cs3)o2)c1. The molecule has 6 nitrogen and oxygen atoms in total. The lowest BCUT2D eigenvalue weighted by atomic mass is 10.3. The molecule has 0 radical (unpaired) electrons. The van der Waals surface area contributed by atoms with Crippen LogP contribution in [-0.2, 0) is 6.61 Å². The second-order valence-corrected chi connectivity index (χ2v) is 5.84. The van der Waals surface area contributed by atoms with E-state index in [1.54, 1.807) is 25.3 Å². The maximum atomic E-state index is 12.1.